The van der Waals surface area contributed by atoms with E-state index in [9.17, 15) is 19.2 Å². The molecule has 1 rings (SSSR count). The van der Waals surface area contributed by atoms with Gasteiger partial charge in [-0.05, 0) is 0 Å². The first-order valence-electron chi connectivity index (χ1n) is 7.49. The molecule has 0 aromatic heterocycles. The molecule has 142 valence electrons. The lowest BCUT2D eigenvalue weighted by molar-refractivity contribution is -0.191. The maximum atomic E-state index is 11.4. The number of rotatable bonds is 7. The normalized spacial score (nSPS) is 26.4. The van der Waals surface area contributed by atoms with E-state index in [2.05, 4.69) is 0 Å². The number of hydrogen-bond acceptors (Lipinski definition) is 10. The van der Waals surface area contributed by atoms with Crippen LogP contribution in [0.2, 0.25) is 0 Å². The highest BCUT2D eigenvalue weighted by atomic mass is 16.7. The average Bonchev–Trinajstić information content (AvgIpc) is 2.79. The van der Waals surface area contributed by atoms with Gasteiger partial charge in [-0.3, -0.25) is 19.2 Å². The summed E-state index contributed by atoms with van der Waals surface area (Å²) < 4.78 is 31.0. The summed E-state index contributed by atoms with van der Waals surface area (Å²) in [5, 5.41) is 0. The summed E-state index contributed by atoms with van der Waals surface area (Å²) in [6.07, 6.45) is -5.42. The predicted octanol–water partition coefficient (Wildman–Crippen LogP) is -0.284. The Kier molecular flexibility index (Phi) is 7.78. The second-order valence-corrected chi connectivity index (χ2v) is 5.30. The summed E-state index contributed by atoms with van der Waals surface area (Å²) in [6, 6.07) is 0. The van der Waals surface area contributed by atoms with E-state index in [1.807, 2.05) is 0 Å². The lowest BCUT2D eigenvalue weighted by Crippen LogP contribution is -2.46. The van der Waals surface area contributed by atoms with Gasteiger partial charge in [0.25, 0.3) is 0 Å². The standard InChI is InChI=1S/C15H22O10/c1-7(16)21-6-11(22-8(2)17)12-13(23-9(3)18)14(24-10(4)19)15(20-5)25-12/h11-15H,6H2,1-5H3/t11-,12+,13+,14-,15?/m1/s1. The SMILES string of the molecule is COC1O[C@@H]([C@@H](COC(C)=O)OC(C)=O)[C@H](OC(C)=O)[C@H]1OC(C)=O. The fraction of sp³-hybridized carbons (Fsp3) is 0.733. The van der Waals surface area contributed by atoms with E-state index in [-0.39, 0.29) is 6.61 Å². The van der Waals surface area contributed by atoms with Crippen LogP contribution in [0.25, 0.3) is 0 Å². The van der Waals surface area contributed by atoms with Gasteiger partial charge in [0.1, 0.15) is 12.7 Å². The van der Waals surface area contributed by atoms with Gasteiger partial charge in [0.15, 0.2) is 24.6 Å². The van der Waals surface area contributed by atoms with E-state index in [1.165, 1.54) is 21.0 Å². The Morgan fingerprint density at radius 3 is 1.88 bits per heavy atom. The van der Waals surface area contributed by atoms with Gasteiger partial charge < -0.3 is 28.4 Å². The first-order chi connectivity index (χ1) is 11.6. The molecule has 10 nitrogen and oxygen atoms in total. The largest absolute Gasteiger partial charge is 0.462 e. The van der Waals surface area contributed by atoms with Crippen molar-refractivity contribution in [3.63, 3.8) is 0 Å². The Morgan fingerprint density at radius 2 is 1.44 bits per heavy atom. The lowest BCUT2D eigenvalue weighted by atomic mass is 10.1. The fourth-order valence-corrected chi connectivity index (χ4v) is 2.39. The Bertz CT molecular complexity index is 516. The molecule has 0 amide bonds. The van der Waals surface area contributed by atoms with Crippen LogP contribution in [-0.2, 0) is 47.6 Å². The Hall–Kier alpha value is -2.20. The summed E-state index contributed by atoms with van der Waals surface area (Å²) in [7, 11) is 1.31. The van der Waals surface area contributed by atoms with Crippen molar-refractivity contribution in [3.8, 4) is 0 Å². The Labute approximate surface area is 144 Å². The molecule has 0 spiro atoms. The minimum absolute atomic E-state index is 0.333. The van der Waals surface area contributed by atoms with Crippen LogP contribution in [-0.4, -0.2) is 68.3 Å². The van der Waals surface area contributed by atoms with Crippen molar-refractivity contribution in [2.24, 2.45) is 0 Å². The average molecular weight is 362 g/mol. The van der Waals surface area contributed by atoms with Crippen molar-refractivity contribution in [2.45, 2.75) is 58.4 Å². The van der Waals surface area contributed by atoms with Crippen LogP contribution >= 0.6 is 0 Å². The summed E-state index contributed by atoms with van der Waals surface area (Å²) in [5.41, 5.74) is 0. The van der Waals surface area contributed by atoms with Crippen molar-refractivity contribution >= 4 is 23.9 Å². The summed E-state index contributed by atoms with van der Waals surface area (Å²) >= 11 is 0. The molecule has 0 aromatic carbocycles. The molecule has 1 aliphatic heterocycles. The number of hydrogen-bond donors (Lipinski definition) is 0. The molecule has 0 bridgehead atoms. The van der Waals surface area contributed by atoms with Gasteiger partial charge in [-0.2, -0.15) is 0 Å². The van der Waals surface area contributed by atoms with E-state index in [1.54, 1.807) is 0 Å². The highest BCUT2D eigenvalue weighted by Gasteiger charge is 2.53. The zero-order chi connectivity index (χ0) is 19.1. The highest BCUT2D eigenvalue weighted by Crippen LogP contribution is 2.31. The van der Waals surface area contributed by atoms with Gasteiger partial charge >= 0.3 is 23.9 Å². The van der Waals surface area contributed by atoms with Crippen molar-refractivity contribution in [1.82, 2.24) is 0 Å². The van der Waals surface area contributed by atoms with Crippen LogP contribution < -0.4 is 0 Å². The minimum atomic E-state index is -1.12. The van der Waals surface area contributed by atoms with E-state index in [0.717, 1.165) is 13.8 Å². The number of carbonyl (C=O) groups excluding carboxylic acids is 4. The van der Waals surface area contributed by atoms with Crippen LogP contribution in [0.15, 0.2) is 0 Å². The van der Waals surface area contributed by atoms with Crippen LogP contribution in [0.4, 0.5) is 0 Å². The molecule has 1 heterocycles. The molecule has 0 aromatic rings. The molecule has 5 atom stereocenters. The van der Waals surface area contributed by atoms with Crippen molar-refractivity contribution in [2.75, 3.05) is 13.7 Å². The third-order valence-electron chi connectivity index (χ3n) is 3.18. The maximum absolute atomic E-state index is 11.4. The van der Waals surface area contributed by atoms with E-state index in [0.29, 0.717) is 0 Å². The van der Waals surface area contributed by atoms with Crippen molar-refractivity contribution < 1.29 is 47.6 Å². The van der Waals surface area contributed by atoms with Gasteiger partial charge in [-0.25, -0.2) is 0 Å². The highest BCUT2D eigenvalue weighted by molar-refractivity contribution is 5.68. The molecule has 0 radical (unpaired) electrons. The van der Waals surface area contributed by atoms with E-state index >= 15 is 0 Å². The summed E-state index contributed by atoms with van der Waals surface area (Å²) in [6.45, 7) is 4.35. The summed E-state index contributed by atoms with van der Waals surface area (Å²) in [5.74, 6) is -2.56. The third-order valence-corrected chi connectivity index (χ3v) is 3.18. The molecular formula is C15H22O10. The van der Waals surface area contributed by atoms with Crippen molar-refractivity contribution in [3.05, 3.63) is 0 Å². The van der Waals surface area contributed by atoms with Crippen LogP contribution in [0.5, 0.6) is 0 Å². The van der Waals surface area contributed by atoms with Crippen molar-refractivity contribution in [1.29, 1.82) is 0 Å². The quantitative estimate of drug-likeness (QED) is 0.441. The summed E-state index contributed by atoms with van der Waals surface area (Å²) in [4.78, 5) is 45.2. The van der Waals surface area contributed by atoms with Crippen LogP contribution in [0, 0.1) is 0 Å². The van der Waals surface area contributed by atoms with Crippen LogP contribution in [0.3, 0.4) is 0 Å². The number of esters is 4. The number of methoxy groups -OCH3 is 1. The Morgan fingerprint density at radius 1 is 0.880 bits per heavy atom. The first kappa shape index (κ1) is 20.8. The number of ether oxygens (including phenoxy) is 6. The molecule has 0 aliphatic carbocycles. The third kappa shape index (κ3) is 6.31. The Balaban J connectivity index is 3.10. The van der Waals surface area contributed by atoms with Gasteiger partial charge in [0.2, 0.25) is 0 Å². The topological polar surface area (TPSA) is 124 Å². The molecule has 1 fully saturated rings. The smallest absolute Gasteiger partial charge is 0.303 e. The molecule has 1 aliphatic rings. The molecular weight excluding hydrogens is 340 g/mol. The van der Waals surface area contributed by atoms with Gasteiger partial charge in [-0.15, -0.1) is 0 Å². The first-order valence-corrected chi connectivity index (χ1v) is 7.49. The number of carbonyl (C=O) groups is 4. The molecule has 1 unspecified atom stereocenters. The zero-order valence-electron chi connectivity index (χ0n) is 14.7. The fourth-order valence-electron chi connectivity index (χ4n) is 2.39. The predicted molar refractivity (Wildman–Crippen MR) is 79.0 cm³/mol. The zero-order valence-corrected chi connectivity index (χ0v) is 14.7. The minimum Gasteiger partial charge on any atom is -0.462 e. The van der Waals surface area contributed by atoms with Gasteiger partial charge in [0.05, 0.1) is 0 Å². The second kappa shape index (κ2) is 9.33. The van der Waals surface area contributed by atoms with E-state index < -0.39 is 54.6 Å². The molecule has 0 N–H and O–H groups in total. The monoisotopic (exact) mass is 362 g/mol. The molecule has 25 heavy (non-hydrogen) atoms. The maximum Gasteiger partial charge on any atom is 0.303 e. The molecule has 1 saturated heterocycles. The van der Waals surface area contributed by atoms with Crippen LogP contribution in [0.1, 0.15) is 27.7 Å². The molecule has 0 saturated carbocycles. The molecule has 10 heteroatoms. The van der Waals surface area contributed by atoms with Gasteiger partial charge in [-0.1, -0.05) is 0 Å². The van der Waals surface area contributed by atoms with E-state index in [4.69, 9.17) is 28.4 Å². The lowest BCUT2D eigenvalue weighted by Gasteiger charge is -2.27. The second-order valence-electron chi connectivity index (χ2n) is 5.30. The van der Waals surface area contributed by atoms with Gasteiger partial charge in [0, 0.05) is 34.8 Å².